The number of hydrazone groups is 1. The molecular formula is C25H25IN2O4. The number of nitrogens with one attached hydrogen (secondary N) is 1. The van der Waals surface area contributed by atoms with E-state index >= 15 is 0 Å². The maximum atomic E-state index is 12.3. The summed E-state index contributed by atoms with van der Waals surface area (Å²) in [5.41, 5.74) is 4.88. The van der Waals surface area contributed by atoms with Crippen LogP contribution in [-0.4, -0.2) is 25.8 Å². The van der Waals surface area contributed by atoms with Crippen molar-refractivity contribution < 1.29 is 19.0 Å². The molecule has 0 bridgehead atoms. The van der Waals surface area contributed by atoms with Crippen LogP contribution in [0.5, 0.6) is 17.2 Å². The number of nitrogens with zero attached hydrogens (tertiary/aromatic N) is 1. The van der Waals surface area contributed by atoms with Gasteiger partial charge < -0.3 is 14.2 Å². The van der Waals surface area contributed by atoms with Crippen LogP contribution >= 0.6 is 22.6 Å². The van der Waals surface area contributed by atoms with Crippen LogP contribution in [0.25, 0.3) is 0 Å². The number of amides is 1. The van der Waals surface area contributed by atoms with E-state index in [-0.39, 0.29) is 5.91 Å². The van der Waals surface area contributed by atoms with Crippen LogP contribution in [0.1, 0.15) is 34.8 Å². The zero-order valence-corrected chi connectivity index (χ0v) is 20.2. The van der Waals surface area contributed by atoms with Crippen molar-refractivity contribution in [2.45, 2.75) is 20.0 Å². The Hall–Kier alpha value is -3.07. The molecule has 0 saturated carbocycles. The van der Waals surface area contributed by atoms with E-state index in [2.05, 4.69) is 33.1 Å². The van der Waals surface area contributed by atoms with Crippen molar-refractivity contribution in [2.75, 3.05) is 13.7 Å². The number of carbonyl (C=O) groups is 1. The fraction of sp³-hybridized carbons (Fsp3) is 0.200. The fourth-order valence-electron chi connectivity index (χ4n) is 2.78. The summed E-state index contributed by atoms with van der Waals surface area (Å²) in [6.45, 7) is 3.13. The second-order valence-electron chi connectivity index (χ2n) is 6.90. The molecule has 0 aromatic heterocycles. The molecule has 3 rings (SSSR count). The summed E-state index contributed by atoms with van der Waals surface area (Å²) < 4.78 is 18.0. The van der Waals surface area contributed by atoms with Crippen LogP contribution in [0.3, 0.4) is 0 Å². The van der Waals surface area contributed by atoms with E-state index < -0.39 is 0 Å². The van der Waals surface area contributed by atoms with Gasteiger partial charge in [0.15, 0.2) is 11.5 Å². The van der Waals surface area contributed by atoms with Gasteiger partial charge >= 0.3 is 0 Å². The Morgan fingerprint density at radius 3 is 2.44 bits per heavy atom. The van der Waals surface area contributed by atoms with Gasteiger partial charge in [0.05, 0.1) is 19.9 Å². The van der Waals surface area contributed by atoms with Gasteiger partial charge in [0.2, 0.25) is 0 Å². The predicted octanol–water partition coefficient (Wildman–Crippen LogP) is 5.43. The second-order valence-corrected chi connectivity index (χ2v) is 8.14. The third-order valence-corrected chi connectivity index (χ3v) is 5.18. The van der Waals surface area contributed by atoms with Gasteiger partial charge in [-0.05, 0) is 94.7 Å². The van der Waals surface area contributed by atoms with Gasteiger partial charge in [-0.2, -0.15) is 5.10 Å². The largest absolute Gasteiger partial charge is 0.494 e. The summed E-state index contributed by atoms with van der Waals surface area (Å²) >= 11 is 2.27. The molecule has 1 N–H and O–H groups in total. The first-order chi connectivity index (χ1) is 15.6. The Bertz CT molecular complexity index is 1050. The topological polar surface area (TPSA) is 69.2 Å². The molecule has 0 aliphatic rings. The lowest BCUT2D eigenvalue weighted by atomic mass is 10.2. The molecule has 0 radical (unpaired) electrons. The number of hydrogen-bond donors (Lipinski definition) is 1. The third-order valence-electron chi connectivity index (χ3n) is 4.46. The van der Waals surface area contributed by atoms with Crippen LogP contribution < -0.4 is 19.6 Å². The number of ether oxygens (including phenoxy) is 3. The molecule has 3 aromatic carbocycles. The summed E-state index contributed by atoms with van der Waals surface area (Å²) in [7, 11) is 1.59. The van der Waals surface area contributed by atoms with E-state index in [4.69, 9.17) is 14.2 Å². The quantitative estimate of drug-likeness (QED) is 0.210. The van der Waals surface area contributed by atoms with Crippen molar-refractivity contribution in [2.24, 2.45) is 5.10 Å². The smallest absolute Gasteiger partial charge is 0.271 e. The third kappa shape index (κ3) is 6.98. The maximum Gasteiger partial charge on any atom is 0.271 e. The lowest BCUT2D eigenvalue weighted by molar-refractivity contribution is 0.0955. The van der Waals surface area contributed by atoms with Gasteiger partial charge in [-0.15, -0.1) is 0 Å². The lowest BCUT2D eigenvalue weighted by Gasteiger charge is -2.11. The number of hydrogen-bond acceptors (Lipinski definition) is 5. The Morgan fingerprint density at radius 1 is 1.00 bits per heavy atom. The minimum absolute atomic E-state index is 0.298. The van der Waals surface area contributed by atoms with Crippen molar-refractivity contribution in [1.29, 1.82) is 0 Å². The Kier molecular flexibility index (Phi) is 8.91. The van der Waals surface area contributed by atoms with Crippen molar-refractivity contribution in [3.8, 4) is 17.2 Å². The molecule has 0 heterocycles. The molecule has 0 spiro atoms. The van der Waals surface area contributed by atoms with E-state index in [1.165, 1.54) is 3.57 Å². The molecule has 166 valence electrons. The fourth-order valence-corrected chi connectivity index (χ4v) is 3.14. The van der Waals surface area contributed by atoms with Crippen molar-refractivity contribution >= 4 is 34.7 Å². The van der Waals surface area contributed by atoms with E-state index in [0.29, 0.717) is 30.3 Å². The molecule has 3 aromatic rings. The summed E-state index contributed by atoms with van der Waals surface area (Å²) in [5, 5.41) is 4.04. The highest BCUT2D eigenvalue weighted by atomic mass is 127. The maximum absolute atomic E-state index is 12.3. The van der Waals surface area contributed by atoms with Crippen LogP contribution in [-0.2, 0) is 6.61 Å². The first kappa shape index (κ1) is 23.6. The molecular weight excluding hydrogens is 519 g/mol. The van der Waals surface area contributed by atoms with Gasteiger partial charge in [-0.25, -0.2) is 5.43 Å². The molecule has 7 heteroatoms. The second kappa shape index (κ2) is 12.1. The number of methoxy groups -OCH3 is 1. The summed E-state index contributed by atoms with van der Waals surface area (Å²) in [6.07, 6.45) is 2.49. The predicted molar refractivity (Wildman–Crippen MR) is 134 cm³/mol. The van der Waals surface area contributed by atoms with E-state index in [9.17, 15) is 4.79 Å². The minimum Gasteiger partial charge on any atom is -0.494 e. The molecule has 0 aliphatic heterocycles. The zero-order valence-electron chi connectivity index (χ0n) is 18.0. The van der Waals surface area contributed by atoms with E-state index in [0.717, 1.165) is 23.3 Å². The van der Waals surface area contributed by atoms with E-state index in [1.807, 2.05) is 43.3 Å². The van der Waals surface area contributed by atoms with Gasteiger partial charge in [0, 0.05) is 9.13 Å². The molecule has 1 amide bonds. The molecule has 6 nitrogen and oxygen atoms in total. The Labute approximate surface area is 201 Å². The average Bonchev–Trinajstić information content (AvgIpc) is 2.83. The molecule has 0 unspecified atom stereocenters. The molecule has 0 fully saturated rings. The summed E-state index contributed by atoms with van der Waals surface area (Å²) in [4.78, 5) is 12.3. The lowest BCUT2D eigenvalue weighted by Crippen LogP contribution is -2.17. The summed E-state index contributed by atoms with van der Waals surface area (Å²) in [6, 6.07) is 20.6. The Morgan fingerprint density at radius 2 is 1.75 bits per heavy atom. The van der Waals surface area contributed by atoms with Crippen LogP contribution in [0, 0.1) is 3.57 Å². The number of carbonyl (C=O) groups excluding carboxylic acids is 1. The molecule has 32 heavy (non-hydrogen) atoms. The molecule has 0 aliphatic carbocycles. The SMILES string of the molecule is CCCOc1ccc(C(=O)N/N=C/c2ccc(OCc3ccc(I)cc3)c(OC)c2)cc1. The standard InChI is InChI=1S/C25H25IN2O4/c1-3-14-31-22-11-7-20(8-12-22)25(29)28-27-16-19-6-13-23(24(15-19)30-2)32-17-18-4-9-21(26)10-5-18/h4-13,15-16H,3,14,17H2,1-2H3,(H,28,29)/b27-16+. The first-order valence-electron chi connectivity index (χ1n) is 10.2. The highest BCUT2D eigenvalue weighted by Crippen LogP contribution is 2.28. The number of halogens is 1. The summed E-state index contributed by atoms with van der Waals surface area (Å²) in [5.74, 6) is 1.67. The van der Waals surface area contributed by atoms with Crippen molar-refractivity contribution in [3.63, 3.8) is 0 Å². The van der Waals surface area contributed by atoms with E-state index in [1.54, 1.807) is 43.7 Å². The molecule has 0 saturated heterocycles. The number of benzene rings is 3. The first-order valence-corrected chi connectivity index (χ1v) is 11.3. The van der Waals surface area contributed by atoms with Crippen molar-refractivity contribution in [1.82, 2.24) is 5.43 Å². The number of rotatable bonds is 10. The van der Waals surface area contributed by atoms with Gasteiger partial charge in [0.25, 0.3) is 5.91 Å². The van der Waals surface area contributed by atoms with Crippen LogP contribution in [0.2, 0.25) is 0 Å². The highest BCUT2D eigenvalue weighted by molar-refractivity contribution is 14.1. The normalized spacial score (nSPS) is 10.7. The van der Waals surface area contributed by atoms with Gasteiger partial charge in [-0.3, -0.25) is 4.79 Å². The average molecular weight is 544 g/mol. The molecule has 0 atom stereocenters. The highest BCUT2D eigenvalue weighted by Gasteiger charge is 2.07. The monoisotopic (exact) mass is 544 g/mol. The van der Waals surface area contributed by atoms with Crippen LogP contribution in [0.4, 0.5) is 0 Å². The van der Waals surface area contributed by atoms with Crippen molar-refractivity contribution in [3.05, 3.63) is 87.0 Å². The van der Waals surface area contributed by atoms with Gasteiger partial charge in [-0.1, -0.05) is 19.1 Å². The van der Waals surface area contributed by atoms with Crippen LogP contribution in [0.15, 0.2) is 71.8 Å². The zero-order chi connectivity index (χ0) is 22.8. The Balaban J connectivity index is 1.57. The van der Waals surface area contributed by atoms with Gasteiger partial charge in [0.1, 0.15) is 12.4 Å². The minimum atomic E-state index is -0.298.